The van der Waals surface area contributed by atoms with Crippen LogP contribution in [0.15, 0.2) is 30.3 Å². The zero-order chi connectivity index (χ0) is 12.7. The third-order valence-corrected chi connectivity index (χ3v) is 2.49. The molecule has 0 unspecified atom stereocenters. The van der Waals surface area contributed by atoms with E-state index >= 15 is 0 Å². The quantitative estimate of drug-likeness (QED) is 0.767. The molecule has 3 heteroatoms. The molecule has 0 fully saturated rings. The smallest absolute Gasteiger partial charge is 0.220 e. The summed E-state index contributed by atoms with van der Waals surface area (Å²) in [5.41, 5.74) is 0.636. The van der Waals surface area contributed by atoms with Crippen LogP contribution in [-0.4, -0.2) is 18.2 Å². The second-order valence-electron chi connectivity index (χ2n) is 4.50. The number of benzene rings is 1. The highest BCUT2D eigenvalue weighted by Crippen LogP contribution is 2.03. The van der Waals surface area contributed by atoms with Crippen LogP contribution in [-0.2, 0) is 4.79 Å². The van der Waals surface area contributed by atoms with Gasteiger partial charge in [0.05, 0.1) is 6.54 Å². The predicted octanol–water partition coefficient (Wildman–Crippen LogP) is 2.42. The van der Waals surface area contributed by atoms with Crippen molar-refractivity contribution in [2.75, 3.05) is 6.54 Å². The number of carbonyl (C=O) groups excluding carboxylic acids is 2. The summed E-state index contributed by atoms with van der Waals surface area (Å²) >= 11 is 0. The van der Waals surface area contributed by atoms with Gasteiger partial charge >= 0.3 is 0 Å². The second kappa shape index (κ2) is 6.84. The van der Waals surface area contributed by atoms with E-state index in [-0.39, 0.29) is 18.2 Å². The molecule has 92 valence electrons. The van der Waals surface area contributed by atoms with Crippen LogP contribution in [0.5, 0.6) is 0 Å². The fourth-order valence-electron chi connectivity index (χ4n) is 1.41. The number of carbonyl (C=O) groups is 2. The molecule has 3 nitrogen and oxygen atoms in total. The molecule has 0 heterocycles. The molecule has 0 aliphatic heterocycles. The minimum absolute atomic E-state index is 0.0523. The first-order valence-corrected chi connectivity index (χ1v) is 5.94. The van der Waals surface area contributed by atoms with Gasteiger partial charge in [0.25, 0.3) is 0 Å². The van der Waals surface area contributed by atoms with Crippen molar-refractivity contribution in [2.24, 2.45) is 5.92 Å². The van der Waals surface area contributed by atoms with Crippen molar-refractivity contribution in [2.45, 2.75) is 26.7 Å². The molecule has 0 bridgehead atoms. The van der Waals surface area contributed by atoms with Gasteiger partial charge in [0.2, 0.25) is 5.91 Å². The van der Waals surface area contributed by atoms with E-state index < -0.39 is 0 Å². The maximum atomic E-state index is 11.7. The topological polar surface area (TPSA) is 46.2 Å². The van der Waals surface area contributed by atoms with Crippen molar-refractivity contribution >= 4 is 11.7 Å². The summed E-state index contributed by atoms with van der Waals surface area (Å²) in [7, 11) is 0. The minimum atomic E-state index is -0.0528. The van der Waals surface area contributed by atoms with Gasteiger partial charge in [-0.2, -0.15) is 0 Å². The molecule has 1 amide bonds. The Balaban J connectivity index is 2.31. The molecule has 17 heavy (non-hydrogen) atoms. The summed E-state index contributed by atoms with van der Waals surface area (Å²) < 4.78 is 0. The van der Waals surface area contributed by atoms with E-state index in [2.05, 4.69) is 19.2 Å². The Labute approximate surface area is 102 Å². The molecule has 0 saturated carbocycles. The lowest BCUT2D eigenvalue weighted by atomic mass is 10.1. The van der Waals surface area contributed by atoms with Crippen molar-refractivity contribution < 1.29 is 9.59 Å². The number of hydrogen-bond acceptors (Lipinski definition) is 2. The van der Waals surface area contributed by atoms with Gasteiger partial charge in [0, 0.05) is 12.0 Å². The predicted molar refractivity (Wildman–Crippen MR) is 67.9 cm³/mol. The number of Topliss-reactive ketones (excluding diaryl/α,β-unsaturated/α-hetero) is 1. The van der Waals surface area contributed by atoms with Crippen LogP contribution < -0.4 is 5.32 Å². The van der Waals surface area contributed by atoms with Crippen LogP contribution in [0.1, 0.15) is 37.0 Å². The Morgan fingerprint density at radius 1 is 1.18 bits per heavy atom. The Hall–Kier alpha value is -1.64. The van der Waals surface area contributed by atoms with E-state index in [4.69, 9.17) is 0 Å². The van der Waals surface area contributed by atoms with Crippen LogP contribution in [0.25, 0.3) is 0 Å². The van der Waals surface area contributed by atoms with Gasteiger partial charge in [0.15, 0.2) is 5.78 Å². The van der Waals surface area contributed by atoms with Crippen molar-refractivity contribution in [3.8, 4) is 0 Å². The molecular weight excluding hydrogens is 214 g/mol. The fourth-order valence-corrected chi connectivity index (χ4v) is 1.41. The van der Waals surface area contributed by atoms with E-state index in [1.54, 1.807) is 12.1 Å². The Kier molecular flexibility index (Phi) is 5.40. The zero-order valence-electron chi connectivity index (χ0n) is 10.4. The standard InChI is InChI=1S/C14H19NO2/c1-11(2)8-9-14(17)15-10-13(16)12-6-4-3-5-7-12/h3-7,11H,8-10H2,1-2H3,(H,15,17). The molecule has 1 rings (SSSR count). The molecule has 0 atom stereocenters. The summed E-state index contributed by atoms with van der Waals surface area (Å²) in [5.74, 6) is 0.400. The first-order chi connectivity index (χ1) is 8.09. The summed E-state index contributed by atoms with van der Waals surface area (Å²) in [6.45, 7) is 4.23. The molecule has 0 aromatic heterocycles. The molecule has 1 aromatic rings. The Morgan fingerprint density at radius 3 is 2.41 bits per heavy atom. The van der Waals surface area contributed by atoms with Crippen molar-refractivity contribution in [3.05, 3.63) is 35.9 Å². The molecule has 0 aliphatic rings. The average Bonchev–Trinajstić information content (AvgIpc) is 2.34. The molecule has 1 aromatic carbocycles. The first-order valence-electron chi connectivity index (χ1n) is 5.94. The first kappa shape index (κ1) is 13.4. The van der Waals surface area contributed by atoms with E-state index in [0.717, 1.165) is 6.42 Å². The lowest BCUT2D eigenvalue weighted by Gasteiger charge is -2.06. The van der Waals surface area contributed by atoms with E-state index in [9.17, 15) is 9.59 Å². The number of nitrogens with one attached hydrogen (secondary N) is 1. The highest BCUT2D eigenvalue weighted by atomic mass is 16.2. The second-order valence-corrected chi connectivity index (χ2v) is 4.50. The Morgan fingerprint density at radius 2 is 1.82 bits per heavy atom. The average molecular weight is 233 g/mol. The van der Waals surface area contributed by atoms with Crippen molar-refractivity contribution in [1.82, 2.24) is 5.32 Å². The monoisotopic (exact) mass is 233 g/mol. The molecule has 0 radical (unpaired) electrons. The van der Waals surface area contributed by atoms with Crippen molar-refractivity contribution in [3.63, 3.8) is 0 Å². The highest BCUT2D eigenvalue weighted by Gasteiger charge is 2.07. The van der Waals surface area contributed by atoms with E-state index in [1.165, 1.54) is 0 Å². The normalized spacial score (nSPS) is 10.3. The largest absolute Gasteiger partial charge is 0.349 e. The van der Waals surface area contributed by atoms with Gasteiger partial charge in [-0.1, -0.05) is 44.2 Å². The van der Waals surface area contributed by atoms with E-state index in [0.29, 0.717) is 17.9 Å². The summed E-state index contributed by atoms with van der Waals surface area (Å²) in [5, 5.41) is 2.65. The number of amides is 1. The van der Waals surface area contributed by atoms with Gasteiger partial charge in [-0.25, -0.2) is 0 Å². The van der Waals surface area contributed by atoms with Gasteiger partial charge in [0.1, 0.15) is 0 Å². The van der Waals surface area contributed by atoms with Gasteiger partial charge in [-0.15, -0.1) is 0 Å². The third-order valence-electron chi connectivity index (χ3n) is 2.49. The summed E-state index contributed by atoms with van der Waals surface area (Å²) in [6, 6.07) is 8.99. The number of hydrogen-bond donors (Lipinski definition) is 1. The van der Waals surface area contributed by atoms with Gasteiger partial charge < -0.3 is 5.32 Å². The van der Waals surface area contributed by atoms with Crippen molar-refractivity contribution in [1.29, 1.82) is 0 Å². The fraction of sp³-hybridized carbons (Fsp3) is 0.429. The van der Waals surface area contributed by atoms with Crippen LogP contribution in [0.2, 0.25) is 0 Å². The van der Waals surface area contributed by atoms with E-state index in [1.807, 2.05) is 18.2 Å². The molecule has 1 N–H and O–H groups in total. The lowest BCUT2D eigenvalue weighted by molar-refractivity contribution is -0.121. The van der Waals surface area contributed by atoms with Crippen LogP contribution >= 0.6 is 0 Å². The summed E-state index contributed by atoms with van der Waals surface area (Å²) in [4.78, 5) is 23.1. The molecule has 0 saturated heterocycles. The SMILES string of the molecule is CC(C)CCC(=O)NCC(=O)c1ccccc1. The summed E-state index contributed by atoms with van der Waals surface area (Å²) in [6.07, 6.45) is 1.34. The lowest BCUT2D eigenvalue weighted by Crippen LogP contribution is -2.29. The van der Waals surface area contributed by atoms with Gasteiger partial charge in [-0.05, 0) is 12.3 Å². The Bertz CT molecular complexity index is 371. The highest BCUT2D eigenvalue weighted by molar-refractivity contribution is 5.99. The zero-order valence-corrected chi connectivity index (χ0v) is 10.4. The number of rotatable bonds is 6. The third kappa shape index (κ3) is 5.29. The minimum Gasteiger partial charge on any atom is -0.349 e. The van der Waals surface area contributed by atoms with Gasteiger partial charge in [-0.3, -0.25) is 9.59 Å². The van der Waals surface area contributed by atoms with Crippen LogP contribution in [0.3, 0.4) is 0 Å². The molecular formula is C14H19NO2. The molecule has 0 aliphatic carbocycles. The maximum absolute atomic E-state index is 11.7. The maximum Gasteiger partial charge on any atom is 0.220 e. The number of ketones is 1. The van der Waals surface area contributed by atoms with Crippen LogP contribution in [0, 0.1) is 5.92 Å². The van der Waals surface area contributed by atoms with Crippen LogP contribution in [0.4, 0.5) is 0 Å². The molecule has 0 spiro atoms.